The lowest BCUT2D eigenvalue weighted by Gasteiger charge is -2.04. The number of rotatable bonds is 2. The molecule has 3 rings (SSSR count). The number of aromatic nitrogens is 2. The van der Waals surface area contributed by atoms with E-state index in [1.165, 1.54) is 4.68 Å². The number of hydrogen-bond acceptors (Lipinski definition) is 4. The van der Waals surface area contributed by atoms with Crippen molar-refractivity contribution in [2.75, 3.05) is 5.75 Å². The largest absolute Gasteiger partial charge is 0.493 e. The molecule has 2 heterocycles. The lowest BCUT2D eigenvalue weighted by atomic mass is 10.0. The zero-order valence-electron chi connectivity index (χ0n) is 10.5. The highest BCUT2D eigenvalue weighted by Crippen LogP contribution is 2.28. The van der Waals surface area contributed by atoms with Crippen LogP contribution in [0.2, 0.25) is 0 Å². The van der Waals surface area contributed by atoms with Crippen LogP contribution in [0, 0.1) is 0 Å². The number of hydrogen-bond donors (Lipinski definition) is 1. The van der Waals surface area contributed by atoms with E-state index in [1.807, 2.05) is 6.07 Å². The molecule has 0 bridgehead atoms. The Balaban J connectivity index is 1.94. The van der Waals surface area contributed by atoms with E-state index in [-0.39, 0.29) is 11.6 Å². The summed E-state index contributed by atoms with van der Waals surface area (Å²) in [4.78, 5) is 0.451. The van der Waals surface area contributed by atoms with E-state index in [1.54, 1.807) is 25.4 Å². The molecular formula is C13H14N2O3S. The van der Waals surface area contributed by atoms with E-state index >= 15 is 0 Å². The molecule has 19 heavy (non-hydrogen) atoms. The Kier molecular flexibility index (Phi) is 2.63. The Morgan fingerprint density at radius 1 is 1.42 bits per heavy atom. The van der Waals surface area contributed by atoms with Crippen LogP contribution in [0.5, 0.6) is 5.88 Å². The van der Waals surface area contributed by atoms with Crippen molar-refractivity contribution in [3.8, 4) is 5.88 Å². The molecule has 0 saturated carbocycles. The first-order valence-electron chi connectivity index (χ1n) is 6.02. The molecule has 5 nitrogen and oxygen atoms in total. The first kappa shape index (κ1) is 12.2. The summed E-state index contributed by atoms with van der Waals surface area (Å²) in [6, 6.07) is 5.38. The number of sulfone groups is 1. The van der Waals surface area contributed by atoms with Gasteiger partial charge in [0.25, 0.3) is 0 Å². The molecule has 0 unspecified atom stereocenters. The van der Waals surface area contributed by atoms with Gasteiger partial charge in [-0.25, -0.2) is 13.1 Å². The van der Waals surface area contributed by atoms with Crippen molar-refractivity contribution >= 4 is 9.84 Å². The molecule has 1 N–H and O–H groups in total. The normalized spacial score (nSPS) is 16.5. The highest BCUT2D eigenvalue weighted by atomic mass is 32.2. The van der Waals surface area contributed by atoms with Gasteiger partial charge in [-0.1, -0.05) is 12.1 Å². The van der Waals surface area contributed by atoms with Gasteiger partial charge in [0.1, 0.15) is 0 Å². The zero-order valence-corrected chi connectivity index (χ0v) is 11.3. The number of aromatic hydroxyl groups is 1. The predicted molar refractivity (Wildman–Crippen MR) is 69.9 cm³/mol. The zero-order chi connectivity index (χ0) is 13.6. The monoisotopic (exact) mass is 278 g/mol. The standard InChI is InChI=1S/C13H14N2O3S/c1-15-13(16)11(8-14-15)7-9-2-3-12-10(6-9)4-5-19(12,17)18/h2-3,6,8,16H,4-5,7H2,1H3. The summed E-state index contributed by atoms with van der Waals surface area (Å²) >= 11 is 0. The quantitative estimate of drug-likeness (QED) is 0.891. The van der Waals surface area contributed by atoms with Gasteiger partial charge >= 0.3 is 0 Å². The molecule has 0 radical (unpaired) electrons. The molecular weight excluding hydrogens is 264 g/mol. The molecule has 0 amide bonds. The van der Waals surface area contributed by atoms with Crippen molar-refractivity contribution in [3.63, 3.8) is 0 Å². The van der Waals surface area contributed by atoms with Crippen LogP contribution in [0.25, 0.3) is 0 Å². The van der Waals surface area contributed by atoms with Crippen LogP contribution in [0.3, 0.4) is 0 Å². The van der Waals surface area contributed by atoms with Gasteiger partial charge < -0.3 is 5.11 Å². The van der Waals surface area contributed by atoms with Crippen LogP contribution in [-0.4, -0.2) is 29.1 Å². The molecule has 1 aromatic carbocycles. The molecule has 0 saturated heterocycles. The lowest BCUT2D eigenvalue weighted by molar-refractivity contribution is 0.415. The second-order valence-electron chi connectivity index (χ2n) is 4.80. The summed E-state index contributed by atoms with van der Waals surface area (Å²) in [6.45, 7) is 0. The van der Waals surface area contributed by atoms with Crippen molar-refractivity contribution < 1.29 is 13.5 Å². The van der Waals surface area contributed by atoms with Crippen molar-refractivity contribution in [3.05, 3.63) is 41.1 Å². The average molecular weight is 278 g/mol. The topological polar surface area (TPSA) is 72.2 Å². The van der Waals surface area contributed by atoms with Gasteiger partial charge in [-0.3, -0.25) is 0 Å². The third kappa shape index (κ3) is 2.02. The summed E-state index contributed by atoms with van der Waals surface area (Å²) in [5.41, 5.74) is 2.60. The molecule has 0 spiro atoms. The van der Waals surface area contributed by atoms with Gasteiger partial charge in [-0.2, -0.15) is 5.10 Å². The first-order valence-corrected chi connectivity index (χ1v) is 7.67. The maximum absolute atomic E-state index is 11.7. The van der Waals surface area contributed by atoms with E-state index in [4.69, 9.17) is 0 Å². The minimum absolute atomic E-state index is 0.146. The number of nitrogens with zero attached hydrogens (tertiary/aromatic N) is 2. The van der Waals surface area contributed by atoms with E-state index in [0.717, 1.165) is 16.7 Å². The molecule has 0 fully saturated rings. The number of aryl methyl sites for hydroxylation is 2. The highest BCUT2D eigenvalue weighted by Gasteiger charge is 2.26. The number of fused-ring (bicyclic) bond motifs is 1. The average Bonchev–Trinajstić information content (AvgIpc) is 2.84. The minimum Gasteiger partial charge on any atom is -0.493 e. The summed E-state index contributed by atoms with van der Waals surface area (Å²) in [5, 5.41) is 13.8. The van der Waals surface area contributed by atoms with Gasteiger partial charge in [0.05, 0.1) is 16.8 Å². The van der Waals surface area contributed by atoms with E-state index in [0.29, 0.717) is 17.7 Å². The van der Waals surface area contributed by atoms with E-state index in [9.17, 15) is 13.5 Å². The molecule has 100 valence electrons. The summed E-state index contributed by atoms with van der Waals surface area (Å²) in [7, 11) is -1.39. The van der Waals surface area contributed by atoms with E-state index < -0.39 is 9.84 Å². The first-order chi connectivity index (χ1) is 8.97. The summed E-state index contributed by atoms with van der Waals surface area (Å²) in [6.07, 6.45) is 2.75. The lowest BCUT2D eigenvalue weighted by Crippen LogP contribution is -1.98. The van der Waals surface area contributed by atoms with Gasteiger partial charge in [0.15, 0.2) is 9.84 Å². The van der Waals surface area contributed by atoms with Crippen molar-refractivity contribution in [1.29, 1.82) is 0 Å². The van der Waals surface area contributed by atoms with Crippen molar-refractivity contribution in [1.82, 2.24) is 9.78 Å². The Bertz CT molecular complexity index is 747. The van der Waals surface area contributed by atoms with Crippen molar-refractivity contribution in [2.45, 2.75) is 17.7 Å². The smallest absolute Gasteiger partial charge is 0.212 e. The van der Waals surface area contributed by atoms with E-state index in [2.05, 4.69) is 5.10 Å². The second kappa shape index (κ2) is 4.09. The fourth-order valence-corrected chi connectivity index (χ4v) is 3.96. The van der Waals surface area contributed by atoms with Gasteiger partial charge in [-0.05, 0) is 23.6 Å². The Morgan fingerprint density at radius 2 is 2.21 bits per heavy atom. The molecule has 2 aromatic rings. The fourth-order valence-electron chi connectivity index (χ4n) is 2.42. The van der Waals surface area contributed by atoms with Crippen LogP contribution in [0.4, 0.5) is 0 Å². The van der Waals surface area contributed by atoms with Crippen LogP contribution >= 0.6 is 0 Å². The Morgan fingerprint density at radius 3 is 2.89 bits per heavy atom. The highest BCUT2D eigenvalue weighted by molar-refractivity contribution is 7.91. The van der Waals surface area contributed by atoms with Crippen molar-refractivity contribution in [2.24, 2.45) is 7.05 Å². The Labute approximate surface area is 111 Å². The Hall–Kier alpha value is -1.82. The molecule has 1 aliphatic rings. The third-order valence-electron chi connectivity index (χ3n) is 3.48. The third-order valence-corrected chi connectivity index (χ3v) is 5.29. The van der Waals surface area contributed by atoms with Gasteiger partial charge in [0.2, 0.25) is 5.88 Å². The van der Waals surface area contributed by atoms with Gasteiger partial charge in [-0.15, -0.1) is 0 Å². The summed E-state index contributed by atoms with van der Waals surface area (Å²) in [5.74, 6) is 0.345. The minimum atomic E-state index is -3.07. The van der Waals surface area contributed by atoms with Crippen LogP contribution in [-0.2, 0) is 29.7 Å². The SMILES string of the molecule is Cn1ncc(Cc2ccc3c(c2)CCS3(=O)=O)c1O. The second-order valence-corrected chi connectivity index (χ2v) is 6.88. The molecule has 1 aliphatic heterocycles. The molecule has 1 aromatic heterocycles. The van der Waals surface area contributed by atoms with Crippen LogP contribution in [0.15, 0.2) is 29.3 Å². The fraction of sp³-hybridized carbons (Fsp3) is 0.308. The maximum Gasteiger partial charge on any atom is 0.212 e. The predicted octanol–water partition coefficient (Wildman–Crippen LogP) is 1.05. The maximum atomic E-state index is 11.7. The number of benzene rings is 1. The van der Waals surface area contributed by atoms with Gasteiger partial charge in [0, 0.05) is 19.0 Å². The van der Waals surface area contributed by atoms with Crippen LogP contribution in [0.1, 0.15) is 16.7 Å². The molecule has 0 aliphatic carbocycles. The molecule has 6 heteroatoms. The van der Waals surface area contributed by atoms with Crippen LogP contribution < -0.4 is 0 Å². The molecule has 0 atom stereocenters. The summed E-state index contributed by atoms with van der Waals surface area (Å²) < 4.78 is 24.9.